The highest BCUT2D eigenvalue weighted by atomic mass is 79.9. The first-order valence-electron chi connectivity index (χ1n) is 8.84. The molecule has 0 fully saturated rings. The van der Waals surface area contributed by atoms with Crippen molar-refractivity contribution in [1.82, 2.24) is 14.8 Å². The normalized spacial score (nSPS) is 10.7. The van der Waals surface area contributed by atoms with E-state index in [1.165, 1.54) is 18.7 Å². The number of hydrogen-bond donors (Lipinski definition) is 2. The molecule has 2 N–H and O–H groups in total. The van der Waals surface area contributed by atoms with E-state index >= 15 is 0 Å². The van der Waals surface area contributed by atoms with E-state index in [-0.39, 0.29) is 23.2 Å². The molecule has 2 aromatic carbocycles. The summed E-state index contributed by atoms with van der Waals surface area (Å²) < 4.78 is 2.66. The second-order valence-electron chi connectivity index (χ2n) is 6.19. The van der Waals surface area contributed by atoms with Crippen molar-refractivity contribution in [3.63, 3.8) is 0 Å². The Morgan fingerprint density at radius 2 is 2.00 bits per heavy atom. The zero-order valence-electron chi connectivity index (χ0n) is 15.8. The molecule has 0 saturated heterocycles. The first-order valence-corrected chi connectivity index (χ1v) is 10.6. The Morgan fingerprint density at radius 3 is 2.72 bits per heavy atom. The van der Waals surface area contributed by atoms with Gasteiger partial charge in [0.05, 0.1) is 11.3 Å². The molecule has 0 bridgehead atoms. The first-order chi connectivity index (χ1) is 13.9. The highest BCUT2D eigenvalue weighted by Crippen LogP contribution is 2.32. The molecule has 7 nitrogen and oxygen atoms in total. The summed E-state index contributed by atoms with van der Waals surface area (Å²) in [5.41, 5.74) is 1.67. The van der Waals surface area contributed by atoms with Crippen molar-refractivity contribution in [3.05, 3.63) is 52.5 Å². The molecular weight excluding hydrogens is 456 g/mol. The van der Waals surface area contributed by atoms with Crippen LogP contribution >= 0.6 is 27.7 Å². The van der Waals surface area contributed by atoms with Gasteiger partial charge in [-0.1, -0.05) is 39.8 Å². The van der Waals surface area contributed by atoms with Gasteiger partial charge < -0.3 is 15.0 Å². The van der Waals surface area contributed by atoms with Crippen LogP contribution in [0.25, 0.3) is 11.4 Å². The molecule has 1 heterocycles. The number of thioether (sulfide) groups is 1. The number of benzene rings is 2. The molecule has 29 heavy (non-hydrogen) atoms. The predicted octanol–water partition coefficient (Wildman–Crippen LogP) is 4.37. The van der Waals surface area contributed by atoms with Crippen molar-refractivity contribution in [1.29, 1.82) is 0 Å². The van der Waals surface area contributed by atoms with Gasteiger partial charge in [0.25, 0.3) is 0 Å². The van der Waals surface area contributed by atoms with E-state index in [4.69, 9.17) is 0 Å². The number of nitrogens with zero attached hydrogens (tertiary/aromatic N) is 3. The number of anilines is 1. The van der Waals surface area contributed by atoms with E-state index in [0.717, 1.165) is 4.47 Å². The quantitative estimate of drug-likeness (QED) is 0.389. The van der Waals surface area contributed by atoms with Gasteiger partial charge >= 0.3 is 0 Å². The molecule has 3 rings (SSSR count). The number of halogens is 1. The van der Waals surface area contributed by atoms with E-state index in [9.17, 15) is 14.7 Å². The van der Waals surface area contributed by atoms with E-state index in [0.29, 0.717) is 34.3 Å². The Morgan fingerprint density at radius 1 is 1.21 bits per heavy atom. The van der Waals surface area contributed by atoms with Crippen LogP contribution < -0.4 is 5.32 Å². The molecule has 1 aromatic heterocycles. The number of aromatic nitrogens is 3. The second kappa shape index (κ2) is 9.23. The molecule has 0 atom stereocenters. The van der Waals surface area contributed by atoms with Gasteiger partial charge in [0.2, 0.25) is 5.91 Å². The molecular formula is C20H19BrN4O3S. The highest BCUT2D eigenvalue weighted by Gasteiger charge is 2.17. The predicted molar refractivity (Wildman–Crippen MR) is 116 cm³/mol. The highest BCUT2D eigenvalue weighted by molar-refractivity contribution is 9.10. The molecule has 1 amide bonds. The van der Waals surface area contributed by atoms with Crippen LogP contribution in [0.2, 0.25) is 0 Å². The zero-order valence-corrected chi connectivity index (χ0v) is 18.2. The molecule has 0 radical (unpaired) electrons. The minimum Gasteiger partial charge on any atom is -0.507 e. The van der Waals surface area contributed by atoms with Crippen LogP contribution in [-0.2, 0) is 11.3 Å². The summed E-state index contributed by atoms with van der Waals surface area (Å²) in [4.78, 5) is 23.8. The van der Waals surface area contributed by atoms with Crippen LogP contribution in [0.15, 0.2) is 52.1 Å². The lowest BCUT2D eigenvalue weighted by atomic mass is 10.1. The van der Waals surface area contributed by atoms with Gasteiger partial charge in [-0.15, -0.1) is 10.2 Å². The fourth-order valence-electron chi connectivity index (χ4n) is 2.71. The van der Waals surface area contributed by atoms with Gasteiger partial charge in [-0.3, -0.25) is 9.59 Å². The minimum atomic E-state index is -0.215. The number of phenols is 1. The Hall–Kier alpha value is -2.65. The SMILES string of the molecule is CCn1c(SCC(=O)Nc2cccc(C(C)=O)c2)nnc1-c1cc(Br)ccc1O. The third kappa shape index (κ3) is 5.04. The van der Waals surface area contributed by atoms with E-state index < -0.39 is 0 Å². The maximum Gasteiger partial charge on any atom is 0.234 e. The molecule has 0 aliphatic carbocycles. The fourth-order valence-corrected chi connectivity index (χ4v) is 3.87. The van der Waals surface area contributed by atoms with Crippen LogP contribution in [0.3, 0.4) is 0 Å². The molecule has 150 valence electrons. The minimum absolute atomic E-state index is 0.0603. The van der Waals surface area contributed by atoms with Gasteiger partial charge in [0, 0.05) is 22.3 Å². The first kappa shape index (κ1) is 21.1. The lowest BCUT2D eigenvalue weighted by Gasteiger charge is -2.09. The fraction of sp³-hybridized carbons (Fsp3) is 0.200. The summed E-state index contributed by atoms with van der Waals surface area (Å²) in [6.45, 7) is 4.01. The smallest absolute Gasteiger partial charge is 0.234 e. The molecule has 9 heteroatoms. The van der Waals surface area contributed by atoms with Crippen LogP contribution in [0.4, 0.5) is 5.69 Å². The van der Waals surface area contributed by atoms with Gasteiger partial charge in [-0.25, -0.2) is 0 Å². The zero-order chi connectivity index (χ0) is 21.0. The largest absolute Gasteiger partial charge is 0.507 e. The van der Waals surface area contributed by atoms with Crippen molar-refractivity contribution < 1.29 is 14.7 Å². The number of ketones is 1. The maximum atomic E-state index is 12.3. The van der Waals surface area contributed by atoms with Crippen LogP contribution in [-0.4, -0.2) is 37.3 Å². The molecule has 0 aliphatic heterocycles. The Kier molecular flexibility index (Phi) is 6.71. The van der Waals surface area contributed by atoms with Crippen molar-refractivity contribution in [2.24, 2.45) is 0 Å². The van der Waals surface area contributed by atoms with Crippen LogP contribution in [0.1, 0.15) is 24.2 Å². The van der Waals surface area contributed by atoms with Crippen molar-refractivity contribution in [3.8, 4) is 17.1 Å². The average Bonchev–Trinajstić information content (AvgIpc) is 3.11. The van der Waals surface area contributed by atoms with Gasteiger partial charge in [0.15, 0.2) is 16.8 Å². The summed E-state index contributed by atoms with van der Waals surface area (Å²) in [6, 6.07) is 11.9. The molecule has 0 aliphatic rings. The standard InChI is InChI=1S/C20H19BrN4O3S/c1-3-25-19(16-10-14(21)7-8-17(16)27)23-24-20(25)29-11-18(28)22-15-6-4-5-13(9-15)12(2)26/h4-10,27H,3,11H2,1-2H3,(H,22,28). The summed E-state index contributed by atoms with van der Waals surface area (Å²) in [7, 11) is 0. The van der Waals surface area contributed by atoms with Crippen molar-refractivity contribution in [2.45, 2.75) is 25.5 Å². The van der Waals surface area contributed by atoms with Gasteiger partial charge in [-0.05, 0) is 44.2 Å². The van der Waals surface area contributed by atoms with Crippen molar-refractivity contribution >= 4 is 45.1 Å². The molecule has 0 saturated carbocycles. The monoisotopic (exact) mass is 474 g/mol. The number of phenolic OH excluding ortho intramolecular Hbond substituents is 1. The number of Topliss-reactive ketones (excluding diaryl/α,β-unsaturated/α-hetero) is 1. The topological polar surface area (TPSA) is 97.1 Å². The lowest BCUT2D eigenvalue weighted by Crippen LogP contribution is -2.15. The number of nitrogens with one attached hydrogen (secondary N) is 1. The number of amides is 1. The lowest BCUT2D eigenvalue weighted by molar-refractivity contribution is -0.113. The third-order valence-corrected chi connectivity index (χ3v) is 5.58. The summed E-state index contributed by atoms with van der Waals surface area (Å²) in [5.74, 6) is 0.494. The number of rotatable bonds is 7. The number of aromatic hydroxyl groups is 1. The summed E-state index contributed by atoms with van der Waals surface area (Å²) in [6.07, 6.45) is 0. The number of carbonyl (C=O) groups is 2. The maximum absolute atomic E-state index is 12.3. The average molecular weight is 475 g/mol. The summed E-state index contributed by atoms with van der Waals surface area (Å²) >= 11 is 4.65. The van der Waals surface area contributed by atoms with E-state index in [2.05, 4.69) is 31.4 Å². The third-order valence-electron chi connectivity index (χ3n) is 4.12. The molecule has 3 aromatic rings. The van der Waals surface area contributed by atoms with Crippen LogP contribution in [0.5, 0.6) is 5.75 Å². The molecule has 0 spiro atoms. The Bertz CT molecular complexity index is 1070. The Labute approximate surface area is 180 Å². The Balaban J connectivity index is 1.72. The van der Waals surface area contributed by atoms with E-state index in [1.54, 1.807) is 42.5 Å². The number of carbonyl (C=O) groups excluding carboxylic acids is 2. The van der Waals surface area contributed by atoms with E-state index in [1.807, 2.05) is 11.5 Å². The summed E-state index contributed by atoms with van der Waals surface area (Å²) in [5, 5.41) is 21.9. The van der Waals surface area contributed by atoms with Crippen LogP contribution in [0, 0.1) is 0 Å². The van der Waals surface area contributed by atoms with Gasteiger partial charge in [0.1, 0.15) is 5.75 Å². The number of hydrogen-bond acceptors (Lipinski definition) is 6. The van der Waals surface area contributed by atoms with Crippen molar-refractivity contribution in [2.75, 3.05) is 11.1 Å². The molecule has 0 unspecified atom stereocenters. The van der Waals surface area contributed by atoms with Gasteiger partial charge in [-0.2, -0.15) is 0 Å². The second-order valence-corrected chi connectivity index (χ2v) is 8.04.